The number of carbonyl (C=O) groups excluding carboxylic acids is 1. The van der Waals surface area contributed by atoms with Gasteiger partial charge in [0.2, 0.25) is 0 Å². The van der Waals surface area contributed by atoms with Gasteiger partial charge in [-0.15, -0.1) is 0 Å². The zero-order valence-electron chi connectivity index (χ0n) is 14.1. The predicted octanol–water partition coefficient (Wildman–Crippen LogP) is 3.79. The van der Waals surface area contributed by atoms with E-state index in [9.17, 15) is 4.79 Å². The summed E-state index contributed by atoms with van der Waals surface area (Å²) in [5.74, 6) is 1.41. The summed E-state index contributed by atoms with van der Waals surface area (Å²) < 4.78 is 8.34. The average Bonchev–Trinajstić information content (AvgIpc) is 3.42. The summed E-state index contributed by atoms with van der Waals surface area (Å²) in [6, 6.07) is 10.3. The number of hydrogen-bond acceptors (Lipinski definition) is 4. The Morgan fingerprint density at radius 1 is 1.20 bits per heavy atom. The van der Waals surface area contributed by atoms with E-state index in [-0.39, 0.29) is 6.09 Å². The first-order chi connectivity index (χ1) is 12.2. The van der Waals surface area contributed by atoms with Gasteiger partial charge >= 0.3 is 6.09 Å². The highest BCUT2D eigenvalue weighted by Crippen LogP contribution is 2.38. The van der Waals surface area contributed by atoms with Crippen molar-refractivity contribution in [3.63, 3.8) is 0 Å². The average molecular weight is 358 g/mol. The first-order valence-corrected chi connectivity index (χ1v) is 9.25. The minimum atomic E-state index is -0.233. The molecule has 132 valence electrons. The van der Waals surface area contributed by atoms with Gasteiger partial charge in [0, 0.05) is 25.0 Å². The molecule has 1 aliphatic heterocycles. The van der Waals surface area contributed by atoms with Crippen LogP contribution in [0.1, 0.15) is 49.0 Å². The summed E-state index contributed by atoms with van der Waals surface area (Å²) in [5, 5.41) is 7.40. The molecule has 1 N–H and O–H groups in total. The largest absolute Gasteiger partial charge is 0.445 e. The van der Waals surface area contributed by atoms with Gasteiger partial charge in [-0.25, -0.2) is 4.79 Å². The van der Waals surface area contributed by atoms with Crippen molar-refractivity contribution in [2.45, 2.75) is 44.2 Å². The van der Waals surface area contributed by atoms with E-state index in [0.717, 1.165) is 29.0 Å². The van der Waals surface area contributed by atoms with Crippen LogP contribution in [0.15, 0.2) is 30.3 Å². The molecule has 1 saturated heterocycles. The molecule has 4 rings (SSSR count). The monoisotopic (exact) mass is 358 g/mol. The first kappa shape index (κ1) is 16.3. The molecule has 1 amide bonds. The smallest absolute Gasteiger partial charge is 0.410 e. The Bertz CT molecular complexity index is 789. The molecule has 0 radical (unpaired) electrons. The molecule has 0 bridgehead atoms. The third-order valence-corrected chi connectivity index (χ3v) is 5.26. The van der Waals surface area contributed by atoms with Gasteiger partial charge < -0.3 is 14.2 Å². The number of nitrogens with zero attached hydrogens (tertiary/aromatic N) is 3. The van der Waals surface area contributed by atoms with Crippen molar-refractivity contribution in [2.75, 3.05) is 13.1 Å². The van der Waals surface area contributed by atoms with Gasteiger partial charge in [0.15, 0.2) is 4.77 Å². The number of carbonyl (C=O) groups is 1. The van der Waals surface area contributed by atoms with Gasteiger partial charge in [-0.05, 0) is 43.5 Å². The van der Waals surface area contributed by atoms with E-state index in [2.05, 4.69) is 14.8 Å². The number of aromatic amines is 1. The molecule has 2 aliphatic rings. The zero-order valence-corrected chi connectivity index (χ0v) is 14.9. The molecule has 7 heteroatoms. The number of ether oxygens (including phenoxy) is 1. The van der Waals surface area contributed by atoms with Crippen LogP contribution in [0.3, 0.4) is 0 Å². The molecular formula is C18H22N4O2S. The standard InChI is InChI=1S/C18H22N4O2S/c23-18(24-12-13-4-2-1-3-5-13)21-10-8-14(9-11-21)16-19-20-17(25)22(16)15-6-7-15/h1-5,14-15H,6-12H2,(H,20,25). The molecule has 6 nitrogen and oxygen atoms in total. The molecule has 1 aliphatic carbocycles. The summed E-state index contributed by atoms with van der Waals surface area (Å²) in [7, 11) is 0. The quantitative estimate of drug-likeness (QED) is 0.845. The number of nitrogens with one attached hydrogen (secondary N) is 1. The Balaban J connectivity index is 1.32. The lowest BCUT2D eigenvalue weighted by Crippen LogP contribution is -2.38. The van der Waals surface area contributed by atoms with Crippen molar-refractivity contribution in [1.82, 2.24) is 19.7 Å². The Morgan fingerprint density at radius 3 is 2.60 bits per heavy atom. The van der Waals surface area contributed by atoms with E-state index in [0.29, 0.717) is 31.7 Å². The fourth-order valence-electron chi connectivity index (χ4n) is 3.42. The van der Waals surface area contributed by atoms with Crippen LogP contribution in [0.4, 0.5) is 4.79 Å². The number of aromatic nitrogens is 3. The molecule has 1 aromatic carbocycles. The lowest BCUT2D eigenvalue weighted by atomic mass is 9.96. The number of piperidine rings is 1. The molecule has 0 unspecified atom stereocenters. The van der Waals surface area contributed by atoms with Crippen molar-refractivity contribution < 1.29 is 9.53 Å². The topological polar surface area (TPSA) is 63.1 Å². The van der Waals surface area contributed by atoms with E-state index in [1.54, 1.807) is 4.90 Å². The lowest BCUT2D eigenvalue weighted by molar-refractivity contribution is 0.0864. The van der Waals surface area contributed by atoms with Crippen LogP contribution in [-0.4, -0.2) is 38.8 Å². The van der Waals surface area contributed by atoms with Crippen LogP contribution in [0.5, 0.6) is 0 Å². The van der Waals surface area contributed by atoms with Crippen molar-refractivity contribution in [2.24, 2.45) is 0 Å². The second-order valence-electron chi connectivity index (χ2n) is 6.79. The fraction of sp³-hybridized carbons (Fsp3) is 0.500. The maximum absolute atomic E-state index is 12.3. The summed E-state index contributed by atoms with van der Waals surface area (Å²) in [6.45, 7) is 1.71. The maximum Gasteiger partial charge on any atom is 0.410 e. The summed E-state index contributed by atoms with van der Waals surface area (Å²) in [5.41, 5.74) is 1.01. The summed E-state index contributed by atoms with van der Waals surface area (Å²) >= 11 is 5.36. The van der Waals surface area contributed by atoms with Gasteiger partial charge in [0.25, 0.3) is 0 Å². The Labute approximate surface area is 151 Å². The van der Waals surface area contributed by atoms with Gasteiger partial charge in [-0.2, -0.15) is 5.10 Å². The molecule has 2 fully saturated rings. The summed E-state index contributed by atoms with van der Waals surface area (Å²) in [4.78, 5) is 14.1. The molecule has 25 heavy (non-hydrogen) atoms. The number of likely N-dealkylation sites (tertiary alicyclic amines) is 1. The van der Waals surface area contributed by atoms with E-state index < -0.39 is 0 Å². The molecule has 2 aromatic rings. The predicted molar refractivity (Wildman–Crippen MR) is 95.9 cm³/mol. The zero-order chi connectivity index (χ0) is 17.2. The molecule has 1 saturated carbocycles. The van der Waals surface area contributed by atoms with Gasteiger partial charge in [0.05, 0.1) is 0 Å². The van der Waals surface area contributed by atoms with E-state index >= 15 is 0 Å². The van der Waals surface area contributed by atoms with Crippen molar-refractivity contribution >= 4 is 18.3 Å². The van der Waals surface area contributed by atoms with Crippen molar-refractivity contribution in [1.29, 1.82) is 0 Å². The Hall–Kier alpha value is -2.15. The third kappa shape index (κ3) is 3.61. The molecule has 1 aromatic heterocycles. The third-order valence-electron chi connectivity index (χ3n) is 4.97. The summed E-state index contributed by atoms with van der Waals surface area (Å²) in [6.07, 6.45) is 3.93. The minimum Gasteiger partial charge on any atom is -0.445 e. The maximum atomic E-state index is 12.3. The number of H-pyrrole nitrogens is 1. The number of amides is 1. The van der Waals surface area contributed by atoms with Crippen LogP contribution < -0.4 is 0 Å². The second-order valence-corrected chi connectivity index (χ2v) is 7.18. The number of benzene rings is 1. The first-order valence-electron chi connectivity index (χ1n) is 8.85. The van der Waals surface area contributed by atoms with Crippen LogP contribution >= 0.6 is 12.2 Å². The normalized spacial score (nSPS) is 18.3. The minimum absolute atomic E-state index is 0.233. The molecule has 0 atom stereocenters. The SMILES string of the molecule is O=C(OCc1ccccc1)N1CCC(c2n[nH]c(=S)n2C2CC2)CC1. The molecular weight excluding hydrogens is 336 g/mol. The van der Waals surface area contributed by atoms with Gasteiger partial charge in [-0.3, -0.25) is 5.10 Å². The molecule has 0 spiro atoms. The highest BCUT2D eigenvalue weighted by molar-refractivity contribution is 7.71. The van der Waals surface area contributed by atoms with E-state index in [1.807, 2.05) is 30.3 Å². The number of hydrogen-bond donors (Lipinski definition) is 1. The Morgan fingerprint density at radius 2 is 1.92 bits per heavy atom. The van der Waals surface area contributed by atoms with E-state index in [1.165, 1.54) is 12.8 Å². The highest BCUT2D eigenvalue weighted by atomic mass is 32.1. The Kier molecular flexibility index (Phi) is 4.57. The van der Waals surface area contributed by atoms with Gasteiger partial charge in [0.1, 0.15) is 12.4 Å². The second kappa shape index (κ2) is 7.00. The van der Waals surface area contributed by atoms with Crippen LogP contribution in [0, 0.1) is 4.77 Å². The van der Waals surface area contributed by atoms with Crippen LogP contribution in [0.2, 0.25) is 0 Å². The number of rotatable bonds is 4. The van der Waals surface area contributed by atoms with E-state index in [4.69, 9.17) is 17.0 Å². The highest BCUT2D eigenvalue weighted by Gasteiger charge is 2.32. The van der Waals surface area contributed by atoms with Crippen molar-refractivity contribution in [3.8, 4) is 0 Å². The fourth-order valence-corrected chi connectivity index (χ4v) is 3.71. The van der Waals surface area contributed by atoms with Crippen LogP contribution in [-0.2, 0) is 11.3 Å². The van der Waals surface area contributed by atoms with Crippen LogP contribution in [0.25, 0.3) is 0 Å². The molecule has 2 heterocycles. The van der Waals surface area contributed by atoms with Crippen molar-refractivity contribution in [3.05, 3.63) is 46.5 Å². The van der Waals surface area contributed by atoms with Gasteiger partial charge in [-0.1, -0.05) is 30.3 Å². The lowest BCUT2D eigenvalue weighted by Gasteiger charge is -2.31.